The Kier molecular flexibility index (Phi) is 4.25. The van der Waals surface area contributed by atoms with Gasteiger partial charge in [-0.3, -0.25) is 11.3 Å². The normalized spacial score (nSPS) is 39.5. The lowest BCUT2D eigenvalue weighted by Crippen LogP contribution is -2.48. The highest BCUT2D eigenvalue weighted by atomic mass is 15.2. The monoisotopic (exact) mass is 250 g/mol. The minimum absolute atomic E-state index is 0.621. The summed E-state index contributed by atoms with van der Waals surface area (Å²) >= 11 is 0. The minimum atomic E-state index is 0.621. The third-order valence-electron chi connectivity index (χ3n) is 6.19. The Morgan fingerprint density at radius 1 is 0.722 bits per heavy atom. The summed E-state index contributed by atoms with van der Waals surface area (Å²) in [7, 11) is 0. The van der Waals surface area contributed by atoms with Crippen LogP contribution in [0.5, 0.6) is 0 Å². The number of fused-ring (bicyclic) bond motifs is 1. The molecular weight excluding hydrogens is 220 g/mol. The molecule has 0 radical (unpaired) electrons. The predicted molar refractivity (Wildman–Crippen MR) is 75.9 cm³/mol. The molecule has 3 aliphatic rings. The molecule has 0 spiro atoms. The first kappa shape index (κ1) is 12.9. The van der Waals surface area contributed by atoms with Crippen LogP contribution >= 0.6 is 0 Å². The Morgan fingerprint density at radius 3 is 2.11 bits per heavy atom. The first-order chi connectivity index (χ1) is 8.88. The van der Waals surface area contributed by atoms with E-state index >= 15 is 0 Å². The molecule has 0 aliphatic heterocycles. The number of nitrogens with two attached hydrogens (primary N) is 1. The van der Waals surface area contributed by atoms with Crippen LogP contribution in [-0.2, 0) is 0 Å². The average Bonchev–Trinajstić information content (AvgIpc) is 2.93. The number of hydrogen-bond acceptors (Lipinski definition) is 2. The van der Waals surface area contributed by atoms with Crippen LogP contribution in [0.1, 0.15) is 70.6 Å². The van der Waals surface area contributed by atoms with Crippen LogP contribution in [0.15, 0.2) is 0 Å². The van der Waals surface area contributed by atoms with Crippen molar-refractivity contribution >= 4 is 0 Å². The summed E-state index contributed by atoms with van der Waals surface area (Å²) < 4.78 is 0. The number of hydrogen-bond donors (Lipinski definition) is 2. The molecule has 3 fully saturated rings. The zero-order valence-corrected chi connectivity index (χ0v) is 11.7. The maximum atomic E-state index is 5.90. The summed E-state index contributed by atoms with van der Waals surface area (Å²) in [4.78, 5) is 0. The van der Waals surface area contributed by atoms with Crippen LogP contribution in [0.3, 0.4) is 0 Å². The van der Waals surface area contributed by atoms with Gasteiger partial charge in [-0.25, -0.2) is 0 Å². The molecule has 0 heterocycles. The van der Waals surface area contributed by atoms with Crippen LogP contribution in [-0.4, -0.2) is 6.04 Å². The van der Waals surface area contributed by atoms with E-state index in [1.807, 2.05) is 0 Å². The molecule has 2 heteroatoms. The fraction of sp³-hybridized carbons (Fsp3) is 1.00. The third kappa shape index (κ3) is 2.60. The highest BCUT2D eigenvalue weighted by Gasteiger charge is 2.38. The Bertz CT molecular complexity index is 260. The molecule has 0 bridgehead atoms. The van der Waals surface area contributed by atoms with Crippen molar-refractivity contribution in [3.63, 3.8) is 0 Å². The van der Waals surface area contributed by atoms with Gasteiger partial charge < -0.3 is 0 Å². The Balaban J connectivity index is 1.61. The lowest BCUT2D eigenvalue weighted by molar-refractivity contribution is 0.0936. The van der Waals surface area contributed by atoms with Crippen molar-refractivity contribution in [1.82, 2.24) is 5.43 Å². The Hall–Kier alpha value is -0.0800. The quantitative estimate of drug-likeness (QED) is 0.593. The van der Waals surface area contributed by atoms with E-state index in [9.17, 15) is 0 Å². The summed E-state index contributed by atoms with van der Waals surface area (Å²) in [5, 5.41) is 0. The fourth-order valence-corrected chi connectivity index (χ4v) is 5.21. The maximum Gasteiger partial charge on any atom is 0.0267 e. The number of hydrazine groups is 1. The summed E-state index contributed by atoms with van der Waals surface area (Å²) in [5.41, 5.74) is 3.21. The molecule has 3 N–H and O–H groups in total. The summed E-state index contributed by atoms with van der Waals surface area (Å²) in [6, 6.07) is 0.621. The molecule has 4 atom stereocenters. The zero-order valence-electron chi connectivity index (χ0n) is 11.7. The van der Waals surface area contributed by atoms with E-state index in [1.165, 1.54) is 70.6 Å². The largest absolute Gasteiger partial charge is 0.271 e. The average molecular weight is 250 g/mol. The molecule has 3 rings (SSSR count). The van der Waals surface area contributed by atoms with Crippen LogP contribution in [0.25, 0.3) is 0 Å². The molecule has 0 saturated heterocycles. The zero-order chi connectivity index (χ0) is 12.4. The molecule has 3 saturated carbocycles. The molecule has 3 aliphatic carbocycles. The van der Waals surface area contributed by atoms with Gasteiger partial charge in [0.2, 0.25) is 0 Å². The van der Waals surface area contributed by atoms with Crippen LogP contribution in [0.4, 0.5) is 0 Å². The molecule has 0 aromatic heterocycles. The second-order valence-electron chi connectivity index (χ2n) is 7.11. The van der Waals surface area contributed by atoms with E-state index < -0.39 is 0 Å². The Morgan fingerprint density at radius 2 is 1.39 bits per heavy atom. The standard InChI is InChI=1S/C16H30N2/c17-18-16(13-6-2-3-7-13)15-10-9-12-5-1-4-8-14(12)11-15/h12-16,18H,1-11,17H2. The second-order valence-corrected chi connectivity index (χ2v) is 7.11. The summed E-state index contributed by atoms with van der Waals surface area (Å²) in [6.07, 6.45) is 16.1. The SMILES string of the molecule is NNC(C1CCCC1)C1CCC2CCCCC2C1. The molecule has 4 unspecified atom stereocenters. The van der Waals surface area contributed by atoms with E-state index in [1.54, 1.807) is 0 Å². The van der Waals surface area contributed by atoms with Crippen molar-refractivity contribution in [2.45, 2.75) is 76.7 Å². The highest BCUT2D eigenvalue weighted by Crippen LogP contribution is 2.45. The second kappa shape index (κ2) is 5.92. The first-order valence-electron chi connectivity index (χ1n) is 8.34. The van der Waals surface area contributed by atoms with Gasteiger partial charge in [-0.15, -0.1) is 0 Å². The van der Waals surface area contributed by atoms with Crippen molar-refractivity contribution in [2.24, 2.45) is 29.5 Å². The van der Waals surface area contributed by atoms with Crippen LogP contribution in [0.2, 0.25) is 0 Å². The van der Waals surface area contributed by atoms with Gasteiger partial charge in [0.25, 0.3) is 0 Å². The lowest BCUT2D eigenvalue weighted by atomic mass is 9.65. The smallest absolute Gasteiger partial charge is 0.0267 e. The maximum absolute atomic E-state index is 5.90. The highest BCUT2D eigenvalue weighted by molar-refractivity contribution is 4.91. The van der Waals surface area contributed by atoms with Crippen molar-refractivity contribution in [3.8, 4) is 0 Å². The molecule has 2 nitrogen and oxygen atoms in total. The number of nitrogens with one attached hydrogen (secondary N) is 1. The van der Waals surface area contributed by atoms with E-state index in [4.69, 9.17) is 5.84 Å². The van der Waals surface area contributed by atoms with Gasteiger partial charge in [-0.05, 0) is 55.8 Å². The van der Waals surface area contributed by atoms with Crippen molar-refractivity contribution in [1.29, 1.82) is 0 Å². The molecular formula is C16H30N2. The van der Waals surface area contributed by atoms with Crippen molar-refractivity contribution in [3.05, 3.63) is 0 Å². The van der Waals surface area contributed by atoms with Gasteiger partial charge in [0.05, 0.1) is 0 Å². The third-order valence-corrected chi connectivity index (χ3v) is 6.19. The lowest BCUT2D eigenvalue weighted by Gasteiger charge is -2.43. The van der Waals surface area contributed by atoms with Crippen molar-refractivity contribution < 1.29 is 0 Å². The molecule has 104 valence electrons. The van der Waals surface area contributed by atoms with Gasteiger partial charge in [0.1, 0.15) is 0 Å². The Labute approximate surface area is 112 Å². The minimum Gasteiger partial charge on any atom is -0.271 e. The molecule has 18 heavy (non-hydrogen) atoms. The van der Waals surface area contributed by atoms with Crippen LogP contribution < -0.4 is 11.3 Å². The van der Waals surface area contributed by atoms with E-state index in [2.05, 4.69) is 5.43 Å². The topological polar surface area (TPSA) is 38.0 Å². The van der Waals surface area contributed by atoms with Crippen molar-refractivity contribution in [2.75, 3.05) is 0 Å². The van der Waals surface area contributed by atoms with Gasteiger partial charge in [0, 0.05) is 6.04 Å². The summed E-state index contributed by atoms with van der Waals surface area (Å²) in [6.45, 7) is 0. The van der Waals surface area contributed by atoms with E-state index in [0.717, 1.165) is 23.7 Å². The summed E-state index contributed by atoms with van der Waals surface area (Å²) in [5.74, 6) is 9.75. The van der Waals surface area contributed by atoms with E-state index in [0.29, 0.717) is 6.04 Å². The first-order valence-corrected chi connectivity index (χ1v) is 8.34. The number of rotatable bonds is 3. The molecule has 0 aromatic carbocycles. The van der Waals surface area contributed by atoms with Gasteiger partial charge in [0.15, 0.2) is 0 Å². The fourth-order valence-electron chi connectivity index (χ4n) is 5.21. The van der Waals surface area contributed by atoms with Crippen LogP contribution in [0, 0.1) is 23.7 Å². The van der Waals surface area contributed by atoms with E-state index in [-0.39, 0.29) is 0 Å². The molecule has 0 amide bonds. The molecule has 0 aromatic rings. The van der Waals surface area contributed by atoms with Gasteiger partial charge in [-0.1, -0.05) is 38.5 Å². The van der Waals surface area contributed by atoms with Gasteiger partial charge >= 0.3 is 0 Å². The predicted octanol–water partition coefficient (Wildman–Crippen LogP) is 3.62. The van der Waals surface area contributed by atoms with Gasteiger partial charge in [-0.2, -0.15) is 0 Å².